The fourth-order valence-electron chi connectivity index (χ4n) is 6.35. The predicted octanol–water partition coefficient (Wildman–Crippen LogP) is 5.97. The van der Waals surface area contributed by atoms with Gasteiger partial charge >= 0.3 is 0 Å². The molecule has 2 heterocycles. The van der Waals surface area contributed by atoms with Crippen LogP contribution in [0, 0.1) is 56.2 Å². The van der Waals surface area contributed by atoms with E-state index in [1.54, 1.807) is 0 Å². The molecule has 2 saturated heterocycles. The Morgan fingerprint density at radius 3 is 2.36 bits per heavy atom. The van der Waals surface area contributed by atoms with E-state index in [1.807, 2.05) is 18.2 Å². The van der Waals surface area contributed by atoms with Crippen molar-refractivity contribution in [2.75, 3.05) is 0 Å². The third-order valence-electron chi connectivity index (χ3n) is 8.11. The summed E-state index contributed by atoms with van der Waals surface area (Å²) in [5.41, 5.74) is -2.21. The second-order valence-electron chi connectivity index (χ2n) is 9.79. The standard InChI is InChI=1S/C27H32N4O2/c1-2-3-4-5-6-10-13-23-25(17-28,18-29)26(19-30)22-16-21(20-11-8-7-9-12-20)14-15-27(22,32-23)33-24(26)31/h7-9,11-12,21-23,31H,2-6,10,13-16H2,1H3. The van der Waals surface area contributed by atoms with Crippen LogP contribution >= 0.6 is 0 Å². The highest BCUT2D eigenvalue weighted by Crippen LogP contribution is 2.68. The highest BCUT2D eigenvalue weighted by Gasteiger charge is 2.80. The molecule has 0 aromatic heterocycles. The molecule has 2 bridgehead atoms. The topological polar surface area (TPSA) is 114 Å². The minimum Gasteiger partial charge on any atom is -0.447 e. The maximum Gasteiger partial charge on any atom is 0.217 e. The van der Waals surface area contributed by atoms with Crippen molar-refractivity contribution in [3.63, 3.8) is 0 Å². The van der Waals surface area contributed by atoms with Crippen LogP contribution in [0.4, 0.5) is 0 Å². The smallest absolute Gasteiger partial charge is 0.217 e. The molecule has 1 N–H and O–H groups in total. The normalized spacial score (nSPS) is 33.8. The lowest BCUT2D eigenvalue weighted by Crippen LogP contribution is -2.63. The fraction of sp³-hybridized carbons (Fsp3) is 0.630. The van der Waals surface area contributed by atoms with Crippen LogP contribution < -0.4 is 0 Å². The molecule has 6 heteroatoms. The first kappa shape index (κ1) is 23.3. The van der Waals surface area contributed by atoms with Gasteiger partial charge in [-0.05, 0) is 30.7 Å². The van der Waals surface area contributed by atoms with Crippen molar-refractivity contribution in [3.05, 3.63) is 35.9 Å². The molecule has 3 fully saturated rings. The Hall–Kier alpha value is -2.88. The molecule has 1 aromatic carbocycles. The van der Waals surface area contributed by atoms with E-state index in [1.165, 1.54) is 24.8 Å². The van der Waals surface area contributed by atoms with Crippen molar-refractivity contribution in [1.29, 1.82) is 21.2 Å². The van der Waals surface area contributed by atoms with Crippen molar-refractivity contribution in [2.24, 2.45) is 16.7 Å². The number of hydrogen-bond acceptors (Lipinski definition) is 6. The molecular formula is C27H32N4O2. The summed E-state index contributed by atoms with van der Waals surface area (Å²) in [5.74, 6) is -1.72. The van der Waals surface area contributed by atoms with Crippen LogP contribution in [0.3, 0.4) is 0 Å². The molecule has 5 unspecified atom stereocenters. The van der Waals surface area contributed by atoms with Crippen LogP contribution in [-0.4, -0.2) is 17.8 Å². The van der Waals surface area contributed by atoms with Gasteiger partial charge in [-0.3, -0.25) is 5.41 Å². The number of benzene rings is 1. The lowest BCUT2D eigenvalue weighted by molar-refractivity contribution is -0.294. The van der Waals surface area contributed by atoms with Crippen LogP contribution in [0.5, 0.6) is 0 Å². The molecular weight excluding hydrogens is 412 g/mol. The predicted molar refractivity (Wildman–Crippen MR) is 123 cm³/mol. The maximum atomic E-state index is 10.5. The zero-order valence-corrected chi connectivity index (χ0v) is 19.3. The van der Waals surface area contributed by atoms with Crippen LogP contribution in [0.25, 0.3) is 0 Å². The summed E-state index contributed by atoms with van der Waals surface area (Å²) in [6.07, 6.45) is 8.16. The van der Waals surface area contributed by atoms with Gasteiger partial charge in [0.05, 0.1) is 30.2 Å². The first-order chi connectivity index (χ1) is 16.0. The summed E-state index contributed by atoms with van der Waals surface area (Å²) in [7, 11) is 0. The summed E-state index contributed by atoms with van der Waals surface area (Å²) < 4.78 is 12.6. The zero-order chi connectivity index (χ0) is 23.5. The Morgan fingerprint density at radius 1 is 1.00 bits per heavy atom. The van der Waals surface area contributed by atoms with Gasteiger partial charge in [-0.2, -0.15) is 15.8 Å². The largest absolute Gasteiger partial charge is 0.447 e. The molecule has 5 atom stereocenters. The average molecular weight is 445 g/mol. The zero-order valence-electron chi connectivity index (χ0n) is 19.3. The van der Waals surface area contributed by atoms with E-state index >= 15 is 0 Å². The molecule has 33 heavy (non-hydrogen) atoms. The highest BCUT2D eigenvalue weighted by atomic mass is 16.7. The van der Waals surface area contributed by atoms with Crippen molar-refractivity contribution < 1.29 is 9.47 Å². The van der Waals surface area contributed by atoms with Crippen LogP contribution in [0.1, 0.15) is 82.6 Å². The third-order valence-corrected chi connectivity index (χ3v) is 8.11. The Labute approximate surface area is 196 Å². The first-order valence-corrected chi connectivity index (χ1v) is 12.3. The molecule has 172 valence electrons. The maximum absolute atomic E-state index is 10.5. The van der Waals surface area contributed by atoms with E-state index in [2.05, 4.69) is 37.3 Å². The molecule has 2 aliphatic heterocycles. The first-order valence-electron chi connectivity index (χ1n) is 12.3. The molecule has 6 nitrogen and oxygen atoms in total. The quantitative estimate of drug-likeness (QED) is 0.496. The SMILES string of the molecule is CCCCCCCCC1OC23CCC(c4ccccc4)CC2C(C#N)(C(=N)O3)C1(C#N)C#N. The molecule has 0 spiro atoms. The molecule has 1 saturated carbocycles. The monoisotopic (exact) mass is 444 g/mol. The van der Waals surface area contributed by atoms with Gasteiger partial charge in [0.2, 0.25) is 11.7 Å². The van der Waals surface area contributed by atoms with Crippen molar-refractivity contribution in [3.8, 4) is 18.2 Å². The van der Waals surface area contributed by atoms with E-state index in [0.29, 0.717) is 19.3 Å². The Morgan fingerprint density at radius 2 is 1.70 bits per heavy atom. The lowest BCUT2D eigenvalue weighted by atomic mass is 9.50. The molecule has 4 rings (SSSR count). The molecule has 1 aromatic rings. The summed E-state index contributed by atoms with van der Waals surface area (Å²) in [5, 5.41) is 39.9. The van der Waals surface area contributed by atoms with Gasteiger partial charge in [-0.25, -0.2) is 0 Å². The number of hydrogen-bond donors (Lipinski definition) is 1. The number of ether oxygens (including phenoxy) is 2. The summed E-state index contributed by atoms with van der Waals surface area (Å²) in [6.45, 7) is 2.18. The average Bonchev–Trinajstić information content (AvgIpc) is 3.05. The molecule has 0 amide bonds. The second-order valence-corrected chi connectivity index (χ2v) is 9.79. The van der Waals surface area contributed by atoms with Gasteiger partial charge in [-0.15, -0.1) is 0 Å². The summed E-state index contributed by atoms with van der Waals surface area (Å²) in [6, 6.07) is 16.8. The minimum absolute atomic E-state index is 0.167. The Balaban J connectivity index is 1.65. The van der Waals surface area contributed by atoms with Gasteiger partial charge in [0.25, 0.3) is 0 Å². The molecule has 3 aliphatic rings. The van der Waals surface area contributed by atoms with Gasteiger partial charge in [0.15, 0.2) is 10.8 Å². The number of nitrogens with zero attached hydrogens (tertiary/aromatic N) is 3. The van der Waals surface area contributed by atoms with Crippen molar-refractivity contribution in [1.82, 2.24) is 0 Å². The highest BCUT2D eigenvalue weighted by molar-refractivity contribution is 5.89. The summed E-state index contributed by atoms with van der Waals surface area (Å²) >= 11 is 0. The molecule has 1 aliphatic carbocycles. The number of nitrogens with one attached hydrogen (secondary N) is 1. The van der Waals surface area contributed by atoms with Gasteiger partial charge in [-0.1, -0.05) is 75.8 Å². The lowest BCUT2D eigenvalue weighted by Gasteiger charge is -2.52. The van der Waals surface area contributed by atoms with Crippen molar-refractivity contribution in [2.45, 2.75) is 88.9 Å². The number of unbranched alkanes of at least 4 members (excludes halogenated alkanes) is 5. The van der Waals surface area contributed by atoms with E-state index < -0.39 is 28.6 Å². The van der Waals surface area contributed by atoms with Gasteiger partial charge < -0.3 is 9.47 Å². The Bertz CT molecular complexity index is 990. The fourth-order valence-corrected chi connectivity index (χ4v) is 6.35. The van der Waals surface area contributed by atoms with E-state index in [4.69, 9.17) is 14.9 Å². The van der Waals surface area contributed by atoms with Crippen LogP contribution in [0.15, 0.2) is 30.3 Å². The van der Waals surface area contributed by atoms with Gasteiger partial charge in [0, 0.05) is 6.42 Å². The minimum atomic E-state index is -1.76. The van der Waals surface area contributed by atoms with E-state index in [-0.39, 0.29) is 11.8 Å². The van der Waals surface area contributed by atoms with Crippen LogP contribution in [-0.2, 0) is 9.47 Å². The Kier molecular flexibility index (Phi) is 6.47. The van der Waals surface area contributed by atoms with Gasteiger partial charge in [0.1, 0.15) is 0 Å². The second kappa shape index (κ2) is 9.17. The molecule has 0 radical (unpaired) electrons. The van der Waals surface area contributed by atoms with Crippen molar-refractivity contribution >= 4 is 5.90 Å². The van der Waals surface area contributed by atoms with Crippen LogP contribution in [0.2, 0.25) is 0 Å². The number of nitriles is 3. The third kappa shape index (κ3) is 3.42. The van der Waals surface area contributed by atoms with E-state index in [0.717, 1.165) is 25.7 Å². The summed E-state index contributed by atoms with van der Waals surface area (Å²) in [4.78, 5) is 0. The van der Waals surface area contributed by atoms with E-state index in [9.17, 15) is 15.8 Å². The number of rotatable bonds is 8.